The highest BCUT2D eigenvalue weighted by Gasteiger charge is 2.20. The number of fused-ring (bicyclic) bond motifs is 1. The molecule has 0 radical (unpaired) electrons. The predicted molar refractivity (Wildman–Crippen MR) is 136 cm³/mol. The second-order valence-electron chi connectivity index (χ2n) is 8.26. The monoisotopic (exact) mass is 492 g/mol. The van der Waals surface area contributed by atoms with Crippen molar-refractivity contribution in [1.29, 1.82) is 0 Å². The summed E-state index contributed by atoms with van der Waals surface area (Å²) in [5.41, 5.74) is 9.07. The lowest BCUT2D eigenvalue weighted by molar-refractivity contribution is 0.0905. The number of amides is 2. The van der Waals surface area contributed by atoms with Crippen LogP contribution in [0.15, 0.2) is 54.0 Å². The van der Waals surface area contributed by atoms with Crippen molar-refractivity contribution < 1.29 is 14.3 Å². The molecule has 0 aliphatic rings. The van der Waals surface area contributed by atoms with E-state index in [2.05, 4.69) is 20.7 Å². The summed E-state index contributed by atoms with van der Waals surface area (Å²) in [5, 5.41) is 12.1. The highest BCUT2D eigenvalue weighted by molar-refractivity contribution is 7.12. The summed E-state index contributed by atoms with van der Waals surface area (Å²) in [6.07, 6.45) is 2.52. The Morgan fingerprint density at radius 2 is 1.91 bits per heavy atom. The van der Waals surface area contributed by atoms with Crippen LogP contribution in [0.4, 0.5) is 5.95 Å². The van der Waals surface area contributed by atoms with Gasteiger partial charge in [0.1, 0.15) is 0 Å². The van der Waals surface area contributed by atoms with Crippen molar-refractivity contribution in [3.05, 3.63) is 70.0 Å². The van der Waals surface area contributed by atoms with Crippen molar-refractivity contribution in [2.45, 2.75) is 32.4 Å². The first-order valence-corrected chi connectivity index (χ1v) is 12.2. The molecule has 0 saturated carbocycles. The summed E-state index contributed by atoms with van der Waals surface area (Å²) < 4.78 is 6.60. The maximum Gasteiger partial charge on any atom is 0.261 e. The second kappa shape index (κ2) is 10.7. The van der Waals surface area contributed by atoms with Crippen molar-refractivity contribution in [3.8, 4) is 11.1 Å². The number of carbonyl (C=O) groups is 2. The van der Waals surface area contributed by atoms with Crippen molar-refractivity contribution in [2.75, 3.05) is 19.5 Å². The van der Waals surface area contributed by atoms with Gasteiger partial charge in [0.2, 0.25) is 5.95 Å². The molecule has 35 heavy (non-hydrogen) atoms. The number of methoxy groups -OCH3 is 1. The van der Waals surface area contributed by atoms with Gasteiger partial charge in [0, 0.05) is 24.9 Å². The lowest BCUT2D eigenvalue weighted by Crippen LogP contribution is -2.35. The third kappa shape index (κ3) is 5.50. The minimum absolute atomic E-state index is 0.0676. The SMILES string of the molecule is CC[C@H](NC(=O)c1cc(-c2cc(C(=O)N[C@@H](C)COC)c3nc(N)nn3c2)cs1)c1ccccc1. The zero-order valence-electron chi connectivity index (χ0n) is 19.8. The van der Waals surface area contributed by atoms with E-state index in [1.54, 1.807) is 19.4 Å². The van der Waals surface area contributed by atoms with Gasteiger partial charge in [0.05, 0.1) is 23.1 Å². The van der Waals surface area contributed by atoms with Crippen LogP contribution in [0.3, 0.4) is 0 Å². The molecule has 2 atom stereocenters. The van der Waals surface area contributed by atoms with Crippen LogP contribution in [0.2, 0.25) is 0 Å². The number of aromatic nitrogens is 3. The smallest absolute Gasteiger partial charge is 0.261 e. The first-order chi connectivity index (χ1) is 16.9. The number of benzene rings is 1. The van der Waals surface area contributed by atoms with Gasteiger partial charge in [-0.2, -0.15) is 4.98 Å². The van der Waals surface area contributed by atoms with E-state index in [0.29, 0.717) is 22.7 Å². The molecule has 9 nitrogen and oxygen atoms in total. The number of nitrogens with zero attached hydrogens (tertiary/aromatic N) is 3. The molecule has 10 heteroatoms. The fraction of sp³-hybridized carbons (Fsp3) is 0.280. The summed E-state index contributed by atoms with van der Waals surface area (Å²) in [5.74, 6) is -0.386. The molecule has 0 aliphatic carbocycles. The van der Waals surface area contributed by atoms with Gasteiger partial charge >= 0.3 is 0 Å². The van der Waals surface area contributed by atoms with Gasteiger partial charge in [-0.25, -0.2) is 4.52 Å². The minimum Gasteiger partial charge on any atom is -0.383 e. The standard InChI is InChI=1S/C25H28N6O3S/c1-4-20(16-8-6-5-7-9-16)28-24(33)21-11-18(14-35-21)17-10-19(23(32)27-15(2)13-34-3)22-29-25(26)30-31(22)12-17/h5-12,14-15,20H,4,13H2,1-3H3,(H2,26,30)(H,27,32)(H,28,33)/t15-,20-/m0/s1. The lowest BCUT2D eigenvalue weighted by atomic mass is 10.0. The molecule has 4 aromatic rings. The molecule has 4 N–H and O–H groups in total. The van der Waals surface area contributed by atoms with E-state index >= 15 is 0 Å². The van der Waals surface area contributed by atoms with Crippen LogP contribution in [0.5, 0.6) is 0 Å². The van der Waals surface area contributed by atoms with Gasteiger partial charge in [0.15, 0.2) is 5.65 Å². The zero-order chi connectivity index (χ0) is 24.9. The molecule has 0 spiro atoms. The Bertz CT molecular complexity index is 1330. The Morgan fingerprint density at radius 3 is 2.63 bits per heavy atom. The largest absolute Gasteiger partial charge is 0.383 e. The van der Waals surface area contributed by atoms with Gasteiger partial charge in [-0.05, 0) is 42.0 Å². The Hall–Kier alpha value is -3.76. The van der Waals surface area contributed by atoms with Crippen LogP contribution < -0.4 is 16.4 Å². The Morgan fingerprint density at radius 1 is 1.14 bits per heavy atom. The van der Waals surface area contributed by atoms with Gasteiger partial charge in [0.25, 0.3) is 11.8 Å². The van der Waals surface area contributed by atoms with Gasteiger partial charge in [-0.15, -0.1) is 16.4 Å². The van der Waals surface area contributed by atoms with Gasteiger partial charge < -0.3 is 21.1 Å². The first-order valence-electron chi connectivity index (χ1n) is 11.3. The average Bonchev–Trinajstić information content (AvgIpc) is 3.48. The maximum atomic E-state index is 13.0. The van der Waals surface area contributed by atoms with E-state index in [9.17, 15) is 9.59 Å². The van der Waals surface area contributed by atoms with Crippen LogP contribution in [-0.2, 0) is 4.74 Å². The minimum atomic E-state index is -0.310. The number of hydrogen-bond acceptors (Lipinski definition) is 7. The summed E-state index contributed by atoms with van der Waals surface area (Å²) in [6, 6.07) is 13.2. The Kier molecular flexibility index (Phi) is 7.42. The number of thiophene rings is 1. The van der Waals surface area contributed by atoms with Crippen molar-refractivity contribution in [2.24, 2.45) is 0 Å². The highest BCUT2D eigenvalue weighted by Crippen LogP contribution is 2.28. The lowest BCUT2D eigenvalue weighted by Gasteiger charge is -2.16. The van der Waals surface area contributed by atoms with E-state index in [1.165, 1.54) is 15.9 Å². The maximum absolute atomic E-state index is 13.0. The summed E-state index contributed by atoms with van der Waals surface area (Å²) in [6.45, 7) is 4.27. The quantitative estimate of drug-likeness (QED) is 0.327. The molecule has 182 valence electrons. The van der Waals surface area contributed by atoms with E-state index in [0.717, 1.165) is 23.1 Å². The molecule has 3 heterocycles. The van der Waals surface area contributed by atoms with Gasteiger partial charge in [-0.1, -0.05) is 37.3 Å². The Labute approximate surface area is 207 Å². The Balaban J connectivity index is 1.61. The van der Waals surface area contributed by atoms with Crippen LogP contribution in [0, 0.1) is 0 Å². The number of carbonyl (C=O) groups excluding carboxylic acids is 2. The number of rotatable bonds is 9. The first kappa shape index (κ1) is 24.4. The number of anilines is 1. The van der Waals surface area contributed by atoms with Crippen LogP contribution in [0.25, 0.3) is 16.8 Å². The molecule has 0 bridgehead atoms. The predicted octanol–water partition coefficient (Wildman–Crippen LogP) is 3.69. The van der Waals surface area contributed by atoms with E-state index in [1.807, 2.05) is 55.6 Å². The molecule has 1 aromatic carbocycles. The van der Waals surface area contributed by atoms with Crippen LogP contribution in [0.1, 0.15) is 51.9 Å². The normalized spacial score (nSPS) is 12.9. The summed E-state index contributed by atoms with van der Waals surface area (Å²) in [4.78, 5) is 30.8. The number of nitrogens with one attached hydrogen (secondary N) is 2. The second-order valence-corrected chi connectivity index (χ2v) is 9.17. The molecular formula is C25H28N6O3S. The number of nitrogen functional groups attached to an aromatic ring is 1. The molecule has 0 unspecified atom stereocenters. The third-order valence-corrected chi connectivity index (χ3v) is 6.49. The highest BCUT2D eigenvalue weighted by atomic mass is 32.1. The average molecular weight is 493 g/mol. The van der Waals surface area contributed by atoms with E-state index < -0.39 is 0 Å². The molecule has 0 fully saturated rings. The van der Waals surface area contributed by atoms with Crippen molar-refractivity contribution >= 4 is 34.7 Å². The van der Waals surface area contributed by atoms with Crippen LogP contribution in [-0.4, -0.2) is 46.2 Å². The fourth-order valence-electron chi connectivity index (χ4n) is 3.86. The molecular weight excluding hydrogens is 464 g/mol. The summed E-state index contributed by atoms with van der Waals surface area (Å²) in [7, 11) is 1.58. The zero-order valence-corrected chi connectivity index (χ0v) is 20.6. The van der Waals surface area contributed by atoms with Crippen molar-refractivity contribution in [3.63, 3.8) is 0 Å². The molecule has 3 aromatic heterocycles. The fourth-order valence-corrected chi connectivity index (χ4v) is 4.68. The number of pyridine rings is 1. The molecule has 0 saturated heterocycles. The molecule has 2 amide bonds. The van der Waals surface area contributed by atoms with E-state index in [4.69, 9.17) is 10.5 Å². The van der Waals surface area contributed by atoms with Crippen molar-refractivity contribution in [1.82, 2.24) is 25.2 Å². The number of ether oxygens (including phenoxy) is 1. The molecule has 0 aliphatic heterocycles. The summed E-state index contributed by atoms with van der Waals surface area (Å²) >= 11 is 1.34. The van der Waals surface area contributed by atoms with E-state index in [-0.39, 0.29) is 29.8 Å². The third-order valence-electron chi connectivity index (χ3n) is 5.56. The van der Waals surface area contributed by atoms with Gasteiger partial charge in [-0.3, -0.25) is 9.59 Å². The topological polar surface area (TPSA) is 124 Å². The van der Waals surface area contributed by atoms with Crippen LogP contribution >= 0.6 is 11.3 Å². The number of hydrogen-bond donors (Lipinski definition) is 3. The molecule has 4 rings (SSSR count). The number of nitrogens with two attached hydrogens (primary N) is 1.